The average Bonchev–Trinajstić information content (AvgIpc) is 2.65. The fraction of sp³-hybridized carbons (Fsp3) is 0.286. The van der Waals surface area contributed by atoms with Gasteiger partial charge in [0.25, 0.3) is 0 Å². The van der Waals surface area contributed by atoms with E-state index in [1.807, 2.05) is 24.4 Å². The van der Waals surface area contributed by atoms with Crippen LogP contribution in [-0.4, -0.2) is 21.0 Å². The first-order chi connectivity index (χ1) is 12.5. The van der Waals surface area contributed by atoms with Gasteiger partial charge in [-0.3, -0.25) is 4.98 Å². The van der Waals surface area contributed by atoms with E-state index in [2.05, 4.69) is 71.5 Å². The first-order valence-electron chi connectivity index (χ1n) is 8.95. The van der Waals surface area contributed by atoms with E-state index in [0.717, 1.165) is 29.2 Å². The lowest BCUT2D eigenvalue weighted by Gasteiger charge is -2.15. The van der Waals surface area contributed by atoms with Crippen molar-refractivity contribution in [3.8, 4) is 11.3 Å². The molecule has 0 amide bonds. The first-order valence-corrected chi connectivity index (χ1v) is 8.95. The van der Waals surface area contributed by atoms with Crippen molar-refractivity contribution in [3.63, 3.8) is 0 Å². The highest BCUT2D eigenvalue weighted by Gasteiger charge is 2.10. The van der Waals surface area contributed by atoms with Crippen molar-refractivity contribution in [3.05, 3.63) is 59.9 Å². The smallest absolute Gasteiger partial charge is 0.225 e. The summed E-state index contributed by atoms with van der Waals surface area (Å²) < 4.78 is 0. The van der Waals surface area contributed by atoms with Crippen molar-refractivity contribution < 1.29 is 0 Å². The van der Waals surface area contributed by atoms with Crippen molar-refractivity contribution in [2.75, 3.05) is 10.6 Å². The summed E-state index contributed by atoms with van der Waals surface area (Å²) >= 11 is 0. The van der Waals surface area contributed by atoms with E-state index in [9.17, 15) is 0 Å². The Bertz CT molecular complexity index is 877. The van der Waals surface area contributed by atoms with Gasteiger partial charge in [0.1, 0.15) is 5.82 Å². The van der Waals surface area contributed by atoms with Crippen LogP contribution in [0.4, 0.5) is 17.5 Å². The summed E-state index contributed by atoms with van der Waals surface area (Å²) in [5, 5.41) is 6.81. The van der Waals surface area contributed by atoms with Crippen LogP contribution in [-0.2, 0) is 0 Å². The van der Waals surface area contributed by atoms with Crippen LogP contribution in [0.3, 0.4) is 0 Å². The SMILES string of the molecule is CC[C@H](C)Nc1nc(Nc2cc(C)ccc2C)cc(-c2cccnc2)n1. The normalized spacial score (nSPS) is 11.8. The predicted octanol–water partition coefficient (Wildman–Crippen LogP) is 5.11. The minimum absolute atomic E-state index is 0.299. The highest BCUT2D eigenvalue weighted by atomic mass is 15.2. The Kier molecular flexibility index (Phi) is 5.46. The molecule has 0 saturated carbocycles. The van der Waals surface area contributed by atoms with Gasteiger partial charge in [-0.2, -0.15) is 4.98 Å². The van der Waals surface area contributed by atoms with Gasteiger partial charge in [-0.15, -0.1) is 0 Å². The third-order valence-electron chi connectivity index (χ3n) is 4.33. The average molecular weight is 347 g/mol. The highest BCUT2D eigenvalue weighted by Crippen LogP contribution is 2.25. The van der Waals surface area contributed by atoms with Crippen molar-refractivity contribution in [2.24, 2.45) is 0 Å². The predicted molar refractivity (Wildman–Crippen MR) is 108 cm³/mol. The number of hydrogen-bond acceptors (Lipinski definition) is 5. The molecule has 1 atom stereocenters. The molecule has 5 nitrogen and oxygen atoms in total. The molecular formula is C21H25N5. The third-order valence-corrected chi connectivity index (χ3v) is 4.33. The van der Waals surface area contributed by atoms with E-state index in [0.29, 0.717) is 12.0 Å². The number of rotatable bonds is 6. The van der Waals surface area contributed by atoms with Gasteiger partial charge >= 0.3 is 0 Å². The van der Waals surface area contributed by atoms with Crippen LogP contribution >= 0.6 is 0 Å². The maximum atomic E-state index is 4.67. The lowest BCUT2D eigenvalue weighted by Crippen LogP contribution is -2.16. The van der Waals surface area contributed by atoms with Crippen LogP contribution in [0.1, 0.15) is 31.4 Å². The van der Waals surface area contributed by atoms with E-state index in [1.54, 1.807) is 6.20 Å². The Balaban J connectivity index is 2.00. The molecule has 0 spiro atoms. The summed E-state index contributed by atoms with van der Waals surface area (Å²) in [5.41, 5.74) is 5.24. The van der Waals surface area contributed by atoms with Gasteiger partial charge in [0.05, 0.1) is 5.69 Å². The summed E-state index contributed by atoms with van der Waals surface area (Å²) in [5.74, 6) is 1.38. The van der Waals surface area contributed by atoms with Gasteiger partial charge < -0.3 is 10.6 Å². The molecule has 0 bridgehead atoms. The summed E-state index contributed by atoms with van der Waals surface area (Å²) in [4.78, 5) is 13.5. The van der Waals surface area contributed by atoms with Crippen LogP contribution in [0.5, 0.6) is 0 Å². The maximum Gasteiger partial charge on any atom is 0.225 e. The molecule has 2 heterocycles. The zero-order valence-electron chi connectivity index (χ0n) is 15.7. The van der Waals surface area contributed by atoms with Crippen LogP contribution < -0.4 is 10.6 Å². The number of nitrogens with zero attached hydrogens (tertiary/aromatic N) is 3. The molecule has 3 rings (SSSR count). The summed E-state index contributed by atoms with van der Waals surface area (Å²) in [6.07, 6.45) is 4.58. The third kappa shape index (κ3) is 4.36. The molecule has 3 aromatic rings. The minimum Gasteiger partial charge on any atom is -0.352 e. The van der Waals surface area contributed by atoms with Gasteiger partial charge in [0, 0.05) is 35.8 Å². The Morgan fingerprint density at radius 2 is 1.92 bits per heavy atom. The Labute approximate surface area is 154 Å². The molecule has 0 aliphatic rings. The van der Waals surface area contributed by atoms with Gasteiger partial charge in [0.2, 0.25) is 5.95 Å². The van der Waals surface area contributed by atoms with E-state index in [4.69, 9.17) is 0 Å². The number of anilines is 3. The maximum absolute atomic E-state index is 4.67. The second kappa shape index (κ2) is 7.95. The lowest BCUT2D eigenvalue weighted by atomic mass is 10.1. The van der Waals surface area contributed by atoms with E-state index in [1.165, 1.54) is 11.1 Å². The fourth-order valence-corrected chi connectivity index (χ4v) is 2.57. The van der Waals surface area contributed by atoms with E-state index < -0.39 is 0 Å². The van der Waals surface area contributed by atoms with E-state index >= 15 is 0 Å². The Morgan fingerprint density at radius 3 is 2.65 bits per heavy atom. The zero-order valence-corrected chi connectivity index (χ0v) is 15.7. The summed E-state index contributed by atoms with van der Waals surface area (Å²) in [7, 11) is 0. The largest absolute Gasteiger partial charge is 0.352 e. The van der Waals surface area contributed by atoms with Crippen molar-refractivity contribution in [2.45, 2.75) is 40.2 Å². The minimum atomic E-state index is 0.299. The number of nitrogens with one attached hydrogen (secondary N) is 2. The van der Waals surface area contributed by atoms with E-state index in [-0.39, 0.29) is 0 Å². The topological polar surface area (TPSA) is 62.7 Å². The molecule has 0 fully saturated rings. The Hall–Kier alpha value is -2.95. The molecule has 0 unspecified atom stereocenters. The molecule has 2 aromatic heterocycles. The summed E-state index contributed by atoms with van der Waals surface area (Å²) in [6, 6.07) is 12.5. The Morgan fingerprint density at radius 1 is 1.08 bits per heavy atom. The molecule has 0 radical (unpaired) electrons. The van der Waals surface area contributed by atoms with Crippen LogP contribution in [0.2, 0.25) is 0 Å². The van der Waals surface area contributed by atoms with Crippen LogP contribution in [0, 0.1) is 13.8 Å². The molecule has 134 valence electrons. The molecule has 5 heteroatoms. The molecular weight excluding hydrogens is 322 g/mol. The van der Waals surface area contributed by atoms with Crippen LogP contribution in [0.15, 0.2) is 48.8 Å². The number of benzene rings is 1. The molecule has 0 aliphatic heterocycles. The number of aryl methyl sites for hydroxylation is 2. The van der Waals surface area contributed by atoms with Gasteiger partial charge in [0.15, 0.2) is 0 Å². The fourth-order valence-electron chi connectivity index (χ4n) is 2.57. The zero-order chi connectivity index (χ0) is 18.5. The molecule has 1 aromatic carbocycles. The van der Waals surface area contributed by atoms with Crippen molar-refractivity contribution in [1.82, 2.24) is 15.0 Å². The summed E-state index contributed by atoms with van der Waals surface area (Å²) in [6.45, 7) is 8.43. The van der Waals surface area contributed by atoms with Crippen molar-refractivity contribution >= 4 is 17.5 Å². The second-order valence-corrected chi connectivity index (χ2v) is 6.60. The number of hydrogen-bond donors (Lipinski definition) is 2. The monoisotopic (exact) mass is 347 g/mol. The standard InChI is InChI=1S/C21H25N5/c1-5-16(4)23-21-25-19(17-7-6-10-22-13-17)12-20(26-21)24-18-11-14(2)8-9-15(18)3/h6-13,16H,5H2,1-4H3,(H2,23,24,25,26)/t16-/m0/s1. The number of aromatic nitrogens is 3. The van der Waals surface area contributed by atoms with Gasteiger partial charge in [-0.25, -0.2) is 4.98 Å². The quantitative estimate of drug-likeness (QED) is 0.649. The second-order valence-electron chi connectivity index (χ2n) is 6.60. The van der Waals surface area contributed by atoms with Gasteiger partial charge in [-0.1, -0.05) is 19.1 Å². The van der Waals surface area contributed by atoms with Crippen molar-refractivity contribution in [1.29, 1.82) is 0 Å². The first kappa shape index (κ1) is 17.9. The molecule has 2 N–H and O–H groups in total. The highest BCUT2D eigenvalue weighted by molar-refractivity contribution is 5.68. The number of pyridine rings is 1. The molecule has 0 saturated heterocycles. The lowest BCUT2D eigenvalue weighted by molar-refractivity contribution is 0.753. The van der Waals surface area contributed by atoms with Gasteiger partial charge in [-0.05, 0) is 56.5 Å². The molecule has 26 heavy (non-hydrogen) atoms. The molecule has 0 aliphatic carbocycles. The van der Waals surface area contributed by atoms with Crippen LogP contribution in [0.25, 0.3) is 11.3 Å².